The second kappa shape index (κ2) is 7.96. The van der Waals surface area contributed by atoms with Crippen LogP contribution in [0.2, 0.25) is 0 Å². The number of aryl methyl sites for hydroxylation is 1. The number of rotatable bonds is 5. The van der Waals surface area contributed by atoms with E-state index in [0.29, 0.717) is 28.6 Å². The van der Waals surface area contributed by atoms with Gasteiger partial charge in [-0.05, 0) is 42.3 Å². The van der Waals surface area contributed by atoms with E-state index in [9.17, 15) is 14.0 Å². The van der Waals surface area contributed by atoms with Crippen molar-refractivity contribution in [2.24, 2.45) is 0 Å². The van der Waals surface area contributed by atoms with Crippen LogP contribution in [-0.2, 0) is 6.42 Å². The first kappa shape index (κ1) is 21.1. The third-order valence-electron chi connectivity index (χ3n) is 5.52. The number of aromatic nitrogens is 2. The van der Waals surface area contributed by atoms with Gasteiger partial charge in [-0.25, -0.2) is 4.39 Å². The summed E-state index contributed by atoms with van der Waals surface area (Å²) in [5.74, 6) is -0.276. The number of ether oxygens (including phenoxy) is 2. The normalized spacial score (nSPS) is 15.2. The second-order valence-electron chi connectivity index (χ2n) is 7.34. The predicted molar refractivity (Wildman–Crippen MR) is 120 cm³/mol. The summed E-state index contributed by atoms with van der Waals surface area (Å²) in [5, 5.41) is 9.44. The molecule has 0 bridgehead atoms. The molecule has 2 aromatic heterocycles. The lowest BCUT2D eigenvalue weighted by atomic mass is 9.98. The lowest BCUT2D eigenvalue weighted by Gasteiger charge is -2.23. The number of halogens is 1. The van der Waals surface area contributed by atoms with Crippen molar-refractivity contribution in [1.82, 2.24) is 10.2 Å². The van der Waals surface area contributed by atoms with E-state index in [1.54, 1.807) is 18.2 Å². The lowest BCUT2D eigenvalue weighted by molar-refractivity contribution is 0.0970. The van der Waals surface area contributed by atoms with Crippen molar-refractivity contribution in [1.29, 1.82) is 0 Å². The molecule has 0 fully saturated rings. The van der Waals surface area contributed by atoms with Gasteiger partial charge in [-0.15, -0.1) is 10.2 Å². The van der Waals surface area contributed by atoms with Gasteiger partial charge in [-0.3, -0.25) is 14.5 Å². The molecule has 1 aliphatic heterocycles. The van der Waals surface area contributed by atoms with Crippen LogP contribution >= 0.6 is 11.3 Å². The monoisotopic (exact) mass is 467 g/mol. The van der Waals surface area contributed by atoms with Crippen molar-refractivity contribution >= 4 is 33.3 Å². The topological polar surface area (TPSA) is 94.8 Å². The zero-order valence-electron chi connectivity index (χ0n) is 17.9. The van der Waals surface area contributed by atoms with Crippen LogP contribution in [0.25, 0.3) is 11.0 Å². The van der Waals surface area contributed by atoms with Crippen molar-refractivity contribution < 1.29 is 23.1 Å². The van der Waals surface area contributed by atoms with Gasteiger partial charge < -0.3 is 13.9 Å². The van der Waals surface area contributed by atoms with Gasteiger partial charge in [0.2, 0.25) is 10.9 Å². The van der Waals surface area contributed by atoms with Gasteiger partial charge in [0.05, 0.1) is 31.2 Å². The third-order valence-corrected chi connectivity index (χ3v) is 6.59. The third kappa shape index (κ3) is 3.25. The van der Waals surface area contributed by atoms with E-state index >= 15 is 0 Å². The Hall–Kier alpha value is -3.79. The minimum Gasteiger partial charge on any atom is -0.493 e. The first-order chi connectivity index (χ1) is 16.0. The number of carbonyl (C=O) groups excluding carboxylic acids is 1. The van der Waals surface area contributed by atoms with Crippen LogP contribution in [0.5, 0.6) is 11.5 Å². The first-order valence-electron chi connectivity index (χ1n) is 10.1. The summed E-state index contributed by atoms with van der Waals surface area (Å²) < 4.78 is 30.5. The molecule has 5 rings (SSSR count). The highest BCUT2D eigenvalue weighted by Crippen LogP contribution is 2.44. The van der Waals surface area contributed by atoms with Crippen molar-refractivity contribution in [3.8, 4) is 11.5 Å². The van der Waals surface area contributed by atoms with E-state index in [0.717, 1.165) is 11.1 Å². The summed E-state index contributed by atoms with van der Waals surface area (Å²) in [7, 11) is 3.01. The SMILES string of the molecule is CCc1nnc(N2C(=O)c3oc4ccc(F)cc4c(=O)c3C2c2ccc(OC)c(OC)c2)s1. The van der Waals surface area contributed by atoms with Crippen LogP contribution in [0.3, 0.4) is 0 Å². The summed E-state index contributed by atoms with van der Waals surface area (Å²) in [6, 6.07) is 7.88. The molecule has 4 aromatic rings. The van der Waals surface area contributed by atoms with Gasteiger partial charge in [0.1, 0.15) is 16.4 Å². The fraction of sp³-hybridized carbons (Fsp3) is 0.217. The Bertz CT molecular complexity index is 1460. The number of carbonyl (C=O) groups is 1. The molecule has 1 aliphatic rings. The molecule has 0 radical (unpaired) electrons. The molecule has 10 heteroatoms. The highest BCUT2D eigenvalue weighted by molar-refractivity contribution is 7.15. The highest BCUT2D eigenvalue weighted by Gasteiger charge is 2.45. The maximum Gasteiger partial charge on any atom is 0.297 e. The smallest absolute Gasteiger partial charge is 0.297 e. The summed E-state index contributed by atoms with van der Waals surface area (Å²) in [6.45, 7) is 1.93. The molecule has 8 nitrogen and oxygen atoms in total. The van der Waals surface area contributed by atoms with Gasteiger partial charge in [-0.1, -0.05) is 24.3 Å². The molecule has 3 heterocycles. The van der Waals surface area contributed by atoms with Crippen LogP contribution in [0.4, 0.5) is 9.52 Å². The minimum absolute atomic E-state index is 0.0559. The van der Waals surface area contributed by atoms with E-state index < -0.39 is 23.2 Å². The molecular weight excluding hydrogens is 449 g/mol. The summed E-state index contributed by atoms with van der Waals surface area (Å²) in [6.07, 6.45) is 0.647. The standard InChI is InChI=1S/C23H18FN3O5S/c1-4-17-25-26-23(33-17)27-19(11-5-7-15(30-2)16(9-11)31-3)18-20(28)13-10-12(24)6-8-14(13)32-21(18)22(27)29/h5-10,19H,4H2,1-3H3. The van der Waals surface area contributed by atoms with Crippen LogP contribution in [-0.4, -0.2) is 30.3 Å². The number of hydrogen-bond acceptors (Lipinski definition) is 8. The maximum absolute atomic E-state index is 13.9. The minimum atomic E-state index is -0.867. The Labute approximate surface area is 191 Å². The maximum atomic E-state index is 13.9. The van der Waals surface area contributed by atoms with E-state index in [1.165, 1.54) is 42.6 Å². The highest BCUT2D eigenvalue weighted by atomic mass is 32.1. The molecule has 0 spiro atoms. The summed E-state index contributed by atoms with van der Waals surface area (Å²) in [4.78, 5) is 28.4. The summed E-state index contributed by atoms with van der Waals surface area (Å²) >= 11 is 1.26. The quantitative estimate of drug-likeness (QED) is 0.436. The summed E-state index contributed by atoms with van der Waals surface area (Å²) in [5.41, 5.74) is 0.337. The number of hydrogen-bond donors (Lipinski definition) is 0. The Kier molecular flexibility index (Phi) is 5.09. The van der Waals surface area contributed by atoms with E-state index in [2.05, 4.69) is 10.2 Å². The fourth-order valence-electron chi connectivity index (χ4n) is 3.97. The average Bonchev–Trinajstić information content (AvgIpc) is 3.41. The molecule has 1 unspecified atom stereocenters. The molecular formula is C23H18FN3O5S. The Balaban J connectivity index is 1.80. The number of fused-ring (bicyclic) bond motifs is 2. The van der Waals surface area contributed by atoms with Gasteiger partial charge >= 0.3 is 0 Å². The van der Waals surface area contributed by atoms with Crippen molar-refractivity contribution in [2.45, 2.75) is 19.4 Å². The first-order valence-corrected chi connectivity index (χ1v) is 10.9. The van der Waals surface area contributed by atoms with Crippen LogP contribution in [0, 0.1) is 5.82 Å². The molecule has 0 aliphatic carbocycles. The molecule has 168 valence electrons. The van der Waals surface area contributed by atoms with Gasteiger partial charge in [-0.2, -0.15) is 0 Å². The second-order valence-corrected chi connectivity index (χ2v) is 8.38. The van der Waals surface area contributed by atoms with E-state index in [1.807, 2.05) is 6.92 Å². The van der Waals surface area contributed by atoms with Gasteiger partial charge in [0.15, 0.2) is 16.9 Å². The molecule has 0 saturated carbocycles. The Morgan fingerprint density at radius 1 is 1.09 bits per heavy atom. The van der Waals surface area contributed by atoms with Crippen molar-refractivity contribution in [3.63, 3.8) is 0 Å². The van der Waals surface area contributed by atoms with Crippen LogP contribution in [0.15, 0.2) is 45.6 Å². The molecule has 1 atom stereocenters. The fourth-order valence-corrected chi connectivity index (χ4v) is 4.77. The van der Waals surface area contributed by atoms with E-state index in [-0.39, 0.29) is 22.3 Å². The Morgan fingerprint density at radius 3 is 2.58 bits per heavy atom. The van der Waals surface area contributed by atoms with Crippen LogP contribution < -0.4 is 19.8 Å². The number of methoxy groups -OCH3 is 2. The molecule has 1 amide bonds. The number of benzene rings is 2. The molecule has 2 aromatic carbocycles. The van der Waals surface area contributed by atoms with Crippen molar-refractivity contribution in [2.75, 3.05) is 19.1 Å². The van der Waals surface area contributed by atoms with Gasteiger partial charge in [0, 0.05) is 0 Å². The molecule has 0 N–H and O–H groups in total. The Morgan fingerprint density at radius 2 is 1.88 bits per heavy atom. The molecule has 33 heavy (non-hydrogen) atoms. The predicted octanol–water partition coefficient (Wildman–Crippen LogP) is 4.11. The zero-order chi connectivity index (χ0) is 23.3. The molecule has 0 saturated heterocycles. The zero-order valence-corrected chi connectivity index (χ0v) is 18.7. The number of nitrogens with zero attached hydrogens (tertiary/aromatic N) is 3. The number of anilines is 1. The largest absolute Gasteiger partial charge is 0.493 e. The van der Waals surface area contributed by atoms with Crippen molar-refractivity contribution in [3.05, 3.63) is 74.3 Å². The van der Waals surface area contributed by atoms with Crippen LogP contribution in [0.1, 0.15) is 39.7 Å². The van der Waals surface area contributed by atoms with E-state index in [4.69, 9.17) is 13.9 Å². The average molecular weight is 467 g/mol. The lowest BCUT2D eigenvalue weighted by Crippen LogP contribution is -2.29. The van der Waals surface area contributed by atoms with Gasteiger partial charge in [0.25, 0.3) is 5.91 Å². The number of amides is 1.